The molecule has 137 heavy (non-hydrogen) atoms. The normalized spacial score (nSPS) is 27.8. The molecule has 0 unspecified atom stereocenters. The van der Waals surface area contributed by atoms with Gasteiger partial charge in [0.15, 0.2) is 0 Å². The highest BCUT2D eigenvalue weighted by Gasteiger charge is 2.55. The number of hydrogen-bond donors (Lipinski definition) is 12. The number of amides is 6. The summed E-state index contributed by atoms with van der Waals surface area (Å²) >= 11 is 11.9. The predicted molar refractivity (Wildman–Crippen MR) is 552 cm³/mol. The minimum Gasteiger partial charge on any atom is -0.509 e. The molecular formula is C111H141BrClIN6O17. The van der Waals surface area contributed by atoms with E-state index in [1.165, 1.54) is 16.7 Å². The summed E-state index contributed by atoms with van der Waals surface area (Å²) in [6.07, 6.45) is 20.4. The molecule has 6 saturated carbocycles. The molecule has 26 heteroatoms. The lowest BCUT2D eigenvalue weighted by Crippen LogP contribution is -2.49. The Balaban J connectivity index is 0.000000139. The van der Waals surface area contributed by atoms with Crippen LogP contribution in [0.3, 0.4) is 0 Å². The summed E-state index contributed by atoms with van der Waals surface area (Å²) < 4.78 is 29.0. The zero-order valence-electron chi connectivity index (χ0n) is 83.7. The molecule has 2 atom stereocenters. The zero-order valence-corrected chi connectivity index (χ0v) is 88.2. The number of aliphatic hydroxyl groups is 6. The molecule has 6 aromatic rings. The quantitative estimate of drug-likeness (QED) is 0.0536. The third-order valence-corrected chi connectivity index (χ3v) is 33.4. The van der Waals surface area contributed by atoms with Crippen LogP contribution in [-0.2, 0) is 52.5 Å². The molecule has 0 aromatic heterocycles. The van der Waals surface area contributed by atoms with Crippen LogP contribution < -0.4 is 31.9 Å². The van der Waals surface area contributed by atoms with Crippen LogP contribution in [0, 0.1) is 113 Å². The number of ether oxygens (including phenoxy) is 5. The van der Waals surface area contributed by atoms with Crippen molar-refractivity contribution in [3.05, 3.63) is 237 Å². The van der Waals surface area contributed by atoms with Gasteiger partial charge < -0.3 is 86.2 Å². The number of carbonyl (C=O) groups excluding carboxylic acids is 6. The lowest BCUT2D eigenvalue weighted by molar-refractivity contribution is -0.117. The molecule has 12 aliphatic rings. The third-order valence-electron chi connectivity index (χ3n) is 31.6. The Morgan fingerprint density at radius 1 is 0.314 bits per heavy atom. The van der Waals surface area contributed by atoms with Crippen LogP contribution in [0.5, 0.6) is 0 Å². The van der Waals surface area contributed by atoms with Crippen LogP contribution in [0.4, 0.5) is 0 Å². The van der Waals surface area contributed by atoms with E-state index in [4.69, 9.17) is 35.3 Å². The lowest BCUT2D eigenvalue weighted by Gasteiger charge is -2.37. The average molecular weight is 2070 g/mol. The van der Waals surface area contributed by atoms with Gasteiger partial charge >= 0.3 is 0 Å². The monoisotopic (exact) mass is 2070 g/mol. The maximum atomic E-state index is 12.8. The summed E-state index contributed by atoms with van der Waals surface area (Å²) in [4.78, 5) is 75.7. The number of hydrogen-bond acceptors (Lipinski definition) is 17. The summed E-state index contributed by atoms with van der Waals surface area (Å²) in [6, 6.07) is 24.0. The van der Waals surface area contributed by atoms with E-state index >= 15 is 0 Å². The summed E-state index contributed by atoms with van der Waals surface area (Å²) in [7, 11) is 8.54. The molecule has 6 aliphatic heterocycles. The number of aryl methyl sites for hydroxylation is 13. The van der Waals surface area contributed by atoms with Crippen molar-refractivity contribution in [1.29, 1.82) is 0 Å². The van der Waals surface area contributed by atoms with E-state index in [2.05, 4.69) is 128 Å². The first kappa shape index (κ1) is 105. The lowest BCUT2D eigenvalue weighted by atomic mass is 9.76. The Morgan fingerprint density at radius 3 is 0.971 bits per heavy atom. The van der Waals surface area contributed by atoms with Crippen LogP contribution in [-0.4, -0.2) is 165 Å². The van der Waals surface area contributed by atoms with Gasteiger partial charge in [-0.25, -0.2) is 0 Å². The van der Waals surface area contributed by atoms with Gasteiger partial charge in [0.1, 0.15) is 40.1 Å². The molecule has 6 amide bonds. The fourth-order valence-corrected chi connectivity index (χ4v) is 25.2. The van der Waals surface area contributed by atoms with Crippen molar-refractivity contribution in [2.75, 3.05) is 35.5 Å². The van der Waals surface area contributed by atoms with Crippen LogP contribution in [0.2, 0.25) is 5.02 Å². The van der Waals surface area contributed by atoms with Crippen molar-refractivity contribution in [2.45, 2.75) is 329 Å². The molecule has 0 bridgehead atoms. The summed E-state index contributed by atoms with van der Waals surface area (Å²) in [6.45, 7) is 32.3. The highest BCUT2D eigenvalue weighted by atomic mass is 127. The zero-order chi connectivity index (χ0) is 99.9. The number of benzene rings is 6. The maximum Gasteiger partial charge on any atom is 0.256 e. The van der Waals surface area contributed by atoms with Crippen LogP contribution in [0.25, 0.3) is 33.4 Å². The molecule has 23 nitrogen and oxygen atoms in total. The summed E-state index contributed by atoms with van der Waals surface area (Å²) in [5.41, 5.74) is 19.9. The highest BCUT2D eigenvalue weighted by Crippen LogP contribution is 2.52. The molecule has 12 N–H and O–H groups in total. The summed E-state index contributed by atoms with van der Waals surface area (Å²) in [5, 5.41) is 84.4. The first-order chi connectivity index (χ1) is 64.7. The molecule has 738 valence electrons. The first-order valence-corrected chi connectivity index (χ1v) is 50.8. The van der Waals surface area contributed by atoms with Crippen LogP contribution in [0.15, 0.2) is 112 Å². The van der Waals surface area contributed by atoms with Crippen molar-refractivity contribution >= 4 is 119 Å². The minimum atomic E-state index is -0.658. The standard InChI is InChI=1S/C20H27NO3.C19H25NO3.C19H25NO2.C18H22ClNO3.C18H22INO3.C17H20BrNO3/c1-11-10-12(2)16(14(4)13(11)3)17-18(22)20(21-19(17)23)8-6-15(24-5)7-9-20;1-11-8-12(2)15(13(3)9-11)16-17(21)19(20-18(16)22)7-5-6-14(10-19)23-4;1-11-5-7-19(8-6-11)17(21)16(18(22)20-19)15-13(3)9-12(2)10-14(15)4;1-10-9-14(19)11(2)8-13(10)15-16(21)18(20-17(15)22)6-4-12(23-3)5-7-18;1-10-8-12(19)9-11(2)14(10)15-16(21)18(20-17(15)22)6-4-13(23-3)5-7-18;1-10-3-4-13(18)12(9-10)14-15(20)17(19-16(14)21)7-5-11(22-2)6-8-17/h10,15,22H,6-9H2,1-5H3,(H,21,23);8-9,14,21H,5-7,10H2,1-4H3,(H,20,22);9-11,21H,5-8H2,1-4H3,(H,20,22);8-9,12,21H,4-7H2,1-3H3,(H,20,22);8-9,13,21H,4-7H2,1-3H3,(H,20,22);3-4,9,11,20H,5-8H2,1-2H3,(H,19,21)/t;14-,19-;;;;/m.1..../s1. The number of methoxy groups -OCH3 is 5. The first-order valence-electron chi connectivity index (χ1n) is 48.5. The van der Waals surface area contributed by atoms with E-state index in [0.717, 1.165) is 230 Å². The van der Waals surface area contributed by atoms with Crippen molar-refractivity contribution in [1.82, 2.24) is 31.9 Å². The molecule has 6 heterocycles. The molecule has 6 aromatic carbocycles. The van der Waals surface area contributed by atoms with Crippen molar-refractivity contribution < 1.29 is 83.1 Å². The second-order valence-electron chi connectivity index (χ2n) is 40.9. The topological polar surface area (TPSA) is 342 Å². The Kier molecular flexibility index (Phi) is 32.4. The summed E-state index contributed by atoms with van der Waals surface area (Å²) in [5.74, 6) is 0.894. The van der Waals surface area contributed by atoms with Gasteiger partial charge in [0.05, 0.1) is 91.7 Å². The molecule has 6 fully saturated rings. The van der Waals surface area contributed by atoms with E-state index in [-0.39, 0.29) is 101 Å². The van der Waals surface area contributed by atoms with Crippen LogP contribution in [0.1, 0.15) is 278 Å². The molecule has 0 saturated heterocycles. The number of rotatable bonds is 11. The molecule has 6 spiro atoms. The fourth-order valence-electron chi connectivity index (χ4n) is 23.6. The van der Waals surface area contributed by atoms with E-state index in [0.29, 0.717) is 76.5 Å². The van der Waals surface area contributed by atoms with E-state index < -0.39 is 33.2 Å². The highest BCUT2D eigenvalue weighted by molar-refractivity contribution is 14.1. The number of halogens is 3. The number of aliphatic hydroxyl groups excluding tert-OH is 6. The van der Waals surface area contributed by atoms with Gasteiger partial charge in [-0.3, -0.25) is 28.8 Å². The Bertz CT molecular complexity index is 5890. The van der Waals surface area contributed by atoms with Crippen molar-refractivity contribution in [2.24, 2.45) is 5.92 Å². The van der Waals surface area contributed by atoms with Gasteiger partial charge in [0.25, 0.3) is 35.4 Å². The molecule has 0 radical (unpaired) electrons. The van der Waals surface area contributed by atoms with E-state index in [1.54, 1.807) is 35.5 Å². The fraction of sp³-hybridized carbons (Fsp3) is 0.514. The van der Waals surface area contributed by atoms with Gasteiger partial charge in [-0.2, -0.15) is 0 Å². The largest absolute Gasteiger partial charge is 0.509 e. The van der Waals surface area contributed by atoms with E-state index in [1.807, 2.05) is 126 Å². The minimum absolute atomic E-state index is 0.0748. The van der Waals surface area contributed by atoms with Gasteiger partial charge in [-0.15, -0.1) is 0 Å². The van der Waals surface area contributed by atoms with Gasteiger partial charge in [-0.1, -0.05) is 87.5 Å². The Labute approximate surface area is 835 Å². The Morgan fingerprint density at radius 2 is 0.613 bits per heavy atom. The third kappa shape index (κ3) is 20.8. The van der Waals surface area contributed by atoms with Gasteiger partial charge in [0, 0.05) is 60.6 Å². The number of carbonyl (C=O) groups is 6. The molecular weight excluding hydrogens is 1930 g/mol. The number of nitrogens with one attached hydrogen (secondary N) is 6. The second kappa shape index (κ2) is 42.2. The smallest absolute Gasteiger partial charge is 0.256 e. The maximum absolute atomic E-state index is 12.8. The molecule has 18 rings (SSSR count). The van der Waals surface area contributed by atoms with Crippen molar-refractivity contribution in [3.8, 4) is 0 Å². The average Bonchev–Trinajstić information content (AvgIpc) is 1.64. The SMILES string of the molecule is COC1CCC2(CC1)NC(=O)C(c1c(C)cc(C)c(C)c1C)=C2O.COC1CCC2(CC1)NC(=O)C(c1c(C)cc(I)cc1C)=C2O.COC1CCC2(CC1)NC(=O)C(c1cc(C)c(Cl)cc1C)=C2O.COC1CCC2(CC1)NC(=O)C(c1cc(C)ccc1Br)=C2O.CO[C@@H]1CCC[C@]2(C1)NC(=O)C(c1c(C)cc(C)cc1C)=C2O.Cc1cc(C)c(C2=C(O)C3(CCC(C)CC3)NC2=O)c(C)c1. The van der Waals surface area contributed by atoms with E-state index in [9.17, 15) is 59.4 Å². The molecule has 6 aliphatic carbocycles. The van der Waals surface area contributed by atoms with Crippen molar-refractivity contribution in [3.63, 3.8) is 0 Å². The second-order valence-corrected chi connectivity index (χ2v) is 43.4. The van der Waals surface area contributed by atoms with Crippen LogP contribution >= 0.6 is 50.1 Å². The predicted octanol–water partition coefficient (Wildman–Crippen LogP) is 21.7. The van der Waals surface area contributed by atoms with Gasteiger partial charge in [-0.05, 0) is 411 Å². The van der Waals surface area contributed by atoms with Gasteiger partial charge in [0.2, 0.25) is 0 Å². The Hall–Kier alpha value is -9.32.